The van der Waals surface area contributed by atoms with Gasteiger partial charge in [-0.05, 0) is 17.9 Å². The average molecular weight is 262 g/mol. The molecule has 0 saturated carbocycles. The summed E-state index contributed by atoms with van der Waals surface area (Å²) in [5.41, 5.74) is 7.22. The van der Waals surface area contributed by atoms with Crippen LogP contribution in [0.3, 0.4) is 0 Å². The summed E-state index contributed by atoms with van der Waals surface area (Å²) >= 11 is 0. The summed E-state index contributed by atoms with van der Waals surface area (Å²) in [5.74, 6) is 0.294. The molecule has 1 amide bonds. The normalized spacial score (nSPS) is 13.9. The lowest BCUT2D eigenvalue weighted by Crippen LogP contribution is -2.47. The molecule has 0 spiro atoms. The fraction of sp³-hybridized carbons (Fsp3) is 0.562. The van der Waals surface area contributed by atoms with Gasteiger partial charge in [-0.15, -0.1) is 0 Å². The van der Waals surface area contributed by atoms with Gasteiger partial charge < -0.3 is 10.6 Å². The van der Waals surface area contributed by atoms with Gasteiger partial charge in [-0.2, -0.15) is 0 Å². The number of benzene rings is 1. The van der Waals surface area contributed by atoms with Gasteiger partial charge in [0.1, 0.15) is 0 Å². The van der Waals surface area contributed by atoms with Gasteiger partial charge in [-0.25, -0.2) is 0 Å². The predicted molar refractivity (Wildman–Crippen MR) is 79.6 cm³/mol. The highest BCUT2D eigenvalue weighted by molar-refractivity contribution is 5.81. The van der Waals surface area contributed by atoms with Crippen molar-refractivity contribution < 1.29 is 4.79 Å². The minimum Gasteiger partial charge on any atom is -0.337 e. The molecule has 0 aliphatic rings. The maximum absolute atomic E-state index is 12.4. The van der Waals surface area contributed by atoms with Crippen LogP contribution in [-0.4, -0.2) is 23.4 Å². The van der Waals surface area contributed by atoms with Crippen molar-refractivity contribution in [3.8, 4) is 0 Å². The van der Waals surface area contributed by atoms with Crippen LogP contribution in [0.25, 0.3) is 0 Å². The highest BCUT2D eigenvalue weighted by atomic mass is 16.2. The summed E-state index contributed by atoms with van der Waals surface area (Å²) in [7, 11) is 0. The van der Waals surface area contributed by atoms with Gasteiger partial charge in [0.15, 0.2) is 0 Å². The monoisotopic (exact) mass is 262 g/mol. The largest absolute Gasteiger partial charge is 0.337 e. The Labute approximate surface area is 116 Å². The number of hydrogen-bond acceptors (Lipinski definition) is 2. The Hall–Kier alpha value is -1.35. The average Bonchev–Trinajstić information content (AvgIpc) is 2.45. The molecular weight excluding hydrogens is 236 g/mol. The van der Waals surface area contributed by atoms with Crippen LogP contribution < -0.4 is 5.73 Å². The Balaban J connectivity index is 2.74. The molecule has 2 atom stereocenters. The second-order valence-electron chi connectivity index (χ2n) is 5.16. The standard InChI is InChI=1S/C16H26N2O/c1-4-11-18(12-14-9-7-6-8-10-14)16(19)15(17)13(3)5-2/h6-10,13,15H,4-5,11-12,17H2,1-3H3/t13?,15-/m0/s1. The summed E-state index contributed by atoms with van der Waals surface area (Å²) in [6, 6.07) is 9.69. The van der Waals surface area contributed by atoms with Gasteiger partial charge in [0.25, 0.3) is 0 Å². The number of amides is 1. The Morgan fingerprint density at radius 2 is 1.89 bits per heavy atom. The van der Waals surface area contributed by atoms with Crippen molar-refractivity contribution in [3.63, 3.8) is 0 Å². The van der Waals surface area contributed by atoms with E-state index in [4.69, 9.17) is 5.73 Å². The summed E-state index contributed by atoms with van der Waals surface area (Å²) in [4.78, 5) is 14.3. The van der Waals surface area contributed by atoms with Crippen molar-refractivity contribution in [1.82, 2.24) is 4.90 Å². The van der Waals surface area contributed by atoms with E-state index in [0.29, 0.717) is 6.54 Å². The van der Waals surface area contributed by atoms with Crippen molar-refractivity contribution in [1.29, 1.82) is 0 Å². The van der Waals surface area contributed by atoms with E-state index in [1.165, 1.54) is 0 Å². The number of nitrogens with two attached hydrogens (primary N) is 1. The maximum Gasteiger partial charge on any atom is 0.240 e. The van der Waals surface area contributed by atoms with Gasteiger partial charge in [0.05, 0.1) is 6.04 Å². The van der Waals surface area contributed by atoms with Gasteiger partial charge in [-0.1, -0.05) is 57.5 Å². The molecule has 0 aliphatic heterocycles. The number of carbonyl (C=O) groups is 1. The lowest BCUT2D eigenvalue weighted by atomic mass is 9.98. The molecule has 3 nitrogen and oxygen atoms in total. The molecule has 1 aromatic carbocycles. The zero-order valence-corrected chi connectivity index (χ0v) is 12.3. The quantitative estimate of drug-likeness (QED) is 0.821. The number of rotatable bonds is 7. The van der Waals surface area contributed by atoms with Gasteiger partial charge >= 0.3 is 0 Å². The summed E-state index contributed by atoms with van der Waals surface area (Å²) < 4.78 is 0. The SMILES string of the molecule is CCCN(Cc1ccccc1)C(=O)[C@@H](N)C(C)CC. The molecular formula is C16H26N2O. The lowest BCUT2D eigenvalue weighted by Gasteiger charge is -2.28. The maximum atomic E-state index is 12.4. The van der Waals surface area contributed by atoms with Gasteiger partial charge in [0.2, 0.25) is 5.91 Å². The van der Waals surface area contributed by atoms with Crippen LogP contribution in [-0.2, 0) is 11.3 Å². The molecule has 1 unspecified atom stereocenters. The zero-order valence-electron chi connectivity index (χ0n) is 12.3. The molecule has 0 radical (unpaired) electrons. The molecule has 3 heteroatoms. The summed E-state index contributed by atoms with van der Waals surface area (Å²) in [6.45, 7) is 7.60. The number of nitrogens with zero attached hydrogens (tertiary/aromatic N) is 1. The first-order valence-corrected chi connectivity index (χ1v) is 7.18. The Morgan fingerprint density at radius 1 is 1.26 bits per heavy atom. The number of carbonyl (C=O) groups excluding carboxylic acids is 1. The molecule has 0 heterocycles. The van der Waals surface area contributed by atoms with E-state index >= 15 is 0 Å². The van der Waals surface area contributed by atoms with Crippen LogP contribution in [0.5, 0.6) is 0 Å². The van der Waals surface area contributed by atoms with Gasteiger partial charge in [-0.3, -0.25) is 4.79 Å². The van der Waals surface area contributed by atoms with Gasteiger partial charge in [0, 0.05) is 13.1 Å². The molecule has 0 saturated heterocycles. The summed E-state index contributed by atoms with van der Waals surface area (Å²) in [5, 5.41) is 0. The fourth-order valence-electron chi connectivity index (χ4n) is 2.05. The molecule has 1 aromatic rings. The molecule has 0 aromatic heterocycles. The van der Waals surface area contributed by atoms with Crippen LogP contribution in [0.4, 0.5) is 0 Å². The zero-order chi connectivity index (χ0) is 14.3. The topological polar surface area (TPSA) is 46.3 Å². The van der Waals surface area contributed by atoms with Crippen LogP contribution >= 0.6 is 0 Å². The Kier molecular flexibility index (Phi) is 6.57. The van der Waals surface area contributed by atoms with Crippen molar-refractivity contribution >= 4 is 5.91 Å². The van der Waals surface area contributed by atoms with E-state index in [2.05, 4.69) is 13.8 Å². The van der Waals surface area contributed by atoms with E-state index in [1.807, 2.05) is 42.2 Å². The van der Waals surface area contributed by atoms with Crippen LogP contribution in [0.2, 0.25) is 0 Å². The minimum atomic E-state index is -0.389. The van der Waals surface area contributed by atoms with Crippen molar-refractivity contribution in [2.75, 3.05) is 6.54 Å². The minimum absolute atomic E-state index is 0.0695. The second kappa shape index (κ2) is 7.95. The van der Waals surface area contributed by atoms with E-state index in [0.717, 1.165) is 24.9 Å². The highest BCUT2D eigenvalue weighted by Crippen LogP contribution is 2.12. The second-order valence-corrected chi connectivity index (χ2v) is 5.16. The molecule has 106 valence electrons. The smallest absolute Gasteiger partial charge is 0.240 e. The van der Waals surface area contributed by atoms with Crippen LogP contribution in [0.15, 0.2) is 30.3 Å². The van der Waals surface area contributed by atoms with Crippen LogP contribution in [0, 0.1) is 5.92 Å². The first kappa shape index (κ1) is 15.7. The highest BCUT2D eigenvalue weighted by Gasteiger charge is 2.24. The fourth-order valence-corrected chi connectivity index (χ4v) is 2.05. The van der Waals surface area contributed by atoms with Crippen molar-refractivity contribution in [2.24, 2.45) is 11.7 Å². The van der Waals surface area contributed by atoms with E-state index in [9.17, 15) is 4.79 Å². The first-order valence-electron chi connectivity index (χ1n) is 7.18. The predicted octanol–water partition coefficient (Wildman–Crippen LogP) is 2.80. The molecule has 19 heavy (non-hydrogen) atoms. The molecule has 1 rings (SSSR count). The van der Waals surface area contributed by atoms with E-state index in [1.54, 1.807) is 0 Å². The van der Waals surface area contributed by atoms with Crippen molar-refractivity contribution in [3.05, 3.63) is 35.9 Å². The number of hydrogen-bond donors (Lipinski definition) is 1. The van der Waals surface area contributed by atoms with E-state index < -0.39 is 0 Å². The van der Waals surface area contributed by atoms with Crippen LogP contribution in [0.1, 0.15) is 39.2 Å². The third-order valence-electron chi connectivity index (χ3n) is 3.56. The molecule has 0 bridgehead atoms. The third-order valence-corrected chi connectivity index (χ3v) is 3.56. The summed E-state index contributed by atoms with van der Waals surface area (Å²) in [6.07, 6.45) is 1.88. The van der Waals surface area contributed by atoms with Crippen molar-refractivity contribution in [2.45, 2.75) is 46.2 Å². The molecule has 2 N–H and O–H groups in total. The van der Waals surface area contributed by atoms with E-state index in [-0.39, 0.29) is 17.9 Å². The Morgan fingerprint density at radius 3 is 2.42 bits per heavy atom. The molecule has 0 aliphatic carbocycles. The lowest BCUT2D eigenvalue weighted by molar-refractivity contribution is -0.134. The first-order chi connectivity index (χ1) is 9.10. The Bertz CT molecular complexity index is 378. The third kappa shape index (κ3) is 4.67. The molecule has 0 fully saturated rings.